The maximum absolute atomic E-state index is 11.2. The van der Waals surface area contributed by atoms with Crippen LogP contribution < -0.4 is 5.73 Å². The molecule has 0 saturated heterocycles. The minimum absolute atomic E-state index is 0.0790. The Hall–Kier alpha value is -2.30. The molecule has 0 aliphatic rings. The lowest BCUT2D eigenvalue weighted by atomic mass is 10.2. The van der Waals surface area contributed by atoms with Gasteiger partial charge in [-0.2, -0.15) is 0 Å². The number of carbonyl (C=O) groups is 2. The number of ether oxygens (including phenoxy) is 2. The smallest absolute Gasteiger partial charge is 0.429 e. The van der Waals surface area contributed by atoms with Crippen LogP contribution in [0.3, 0.4) is 0 Å². The largest absolute Gasteiger partial charge is 0.516 e. The van der Waals surface area contributed by atoms with Gasteiger partial charge < -0.3 is 15.2 Å². The van der Waals surface area contributed by atoms with E-state index in [-0.39, 0.29) is 13.0 Å². The Morgan fingerprint density at radius 2 is 1.94 bits per heavy atom. The van der Waals surface area contributed by atoms with Crippen LogP contribution in [0.2, 0.25) is 0 Å². The molecule has 0 heterocycles. The van der Waals surface area contributed by atoms with E-state index in [1.165, 1.54) is 6.20 Å². The molecule has 96 valence electrons. The average molecular weight is 249 g/mol. The predicted octanol–water partition coefficient (Wildman–Crippen LogP) is 2.12. The number of esters is 1. The molecule has 1 rings (SSSR count). The maximum atomic E-state index is 11.2. The van der Waals surface area contributed by atoms with Crippen LogP contribution in [0.5, 0.6) is 0 Å². The van der Waals surface area contributed by atoms with E-state index in [0.717, 1.165) is 5.56 Å². The first-order chi connectivity index (χ1) is 8.72. The molecule has 0 bridgehead atoms. The number of hydrogen-bond acceptors (Lipinski definition) is 5. The van der Waals surface area contributed by atoms with Gasteiger partial charge in [0.2, 0.25) is 0 Å². The predicted molar refractivity (Wildman–Crippen MR) is 65.3 cm³/mol. The molecule has 0 aliphatic heterocycles. The van der Waals surface area contributed by atoms with Gasteiger partial charge in [-0.1, -0.05) is 36.4 Å². The lowest BCUT2D eigenvalue weighted by Gasteiger charge is -2.04. The van der Waals surface area contributed by atoms with Crippen molar-refractivity contribution in [3.8, 4) is 0 Å². The summed E-state index contributed by atoms with van der Waals surface area (Å²) in [4.78, 5) is 22.3. The highest BCUT2D eigenvalue weighted by Gasteiger charge is 2.10. The second-order valence-corrected chi connectivity index (χ2v) is 3.47. The van der Waals surface area contributed by atoms with Gasteiger partial charge >= 0.3 is 12.1 Å². The summed E-state index contributed by atoms with van der Waals surface area (Å²) in [7, 11) is 0. The summed E-state index contributed by atoms with van der Waals surface area (Å²) in [5.74, 6) is -0.633. The molecule has 5 nitrogen and oxygen atoms in total. The van der Waals surface area contributed by atoms with Crippen molar-refractivity contribution in [3.63, 3.8) is 0 Å². The maximum Gasteiger partial charge on any atom is 0.516 e. The molecule has 0 radical (unpaired) electrons. The van der Waals surface area contributed by atoms with Crippen LogP contribution in [0, 0.1) is 0 Å². The second-order valence-electron chi connectivity index (χ2n) is 3.47. The van der Waals surface area contributed by atoms with Gasteiger partial charge in [-0.05, 0) is 18.2 Å². The summed E-state index contributed by atoms with van der Waals surface area (Å²) in [6, 6.07) is 9.13. The van der Waals surface area contributed by atoms with Gasteiger partial charge in [-0.25, -0.2) is 4.79 Å². The third-order valence-electron chi connectivity index (χ3n) is 2.05. The number of allylic oxidation sites excluding steroid dienone is 1. The van der Waals surface area contributed by atoms with Crippen molar-refractivity contribution in [3.05, 3.63) is 48.2 Å². The fraction of sp³-hybridized carbons (Fsp3) is 0.231. The fourth-order valence-electron chi connectivity index (χ4n) is 1.19. The zero-order chi connectivity index (χ0) is 13.2. The van der Waals surface area contributed by atoms with Crippen molar-refractivity contribution in [2.45, 2.75) is 19.4 Å². The Morgan fingerprint density at radius 3 is 2.61 bits per heavy atom. The first kappa shape index (κ1) is 13.8. The van der Waals surface area contributed by atoms with Gasteiger partial charge in [0.15, 0.2) is 0 Å². The highest BCUT2D eigenvalue weighted by atomic mass is 16.7. The van der Waals surface area contributed by atoms with E-state index in [1.807, 2.05) is 18.2 Å². The first-order valence-corrected chi connectivity index (χ1v) is 5.50. The molecule has 0 fully saturated rings. The third kappa shape index (κ3) is 5.69. The molecule has 0 unspecified atom stereocenters. The van der Waals surface area contributed by atoms with Crippen LogP contribution in [0.1, 0.15) is 18.4 Å². The SMILES string of the molecule is NC=CCCC(=O)OC(=O)OCc1ccccc1. The summed E-state index contributed by atoms with van der Waals surface area (Å²) in [5.41, 5.74) is 5.93. The topological polar surface area (TPSA) is 78.6 Å². The van der Waals surface area contributed by atoms with Crippen molar-refractivity contribution in [2.75, 3.05) is 0 Å². The van der Waals surface area contributed by atoms with E-state index >= 15 is 0 Å². The molecule has 1 aromatic rings. The zero-order valence-electron chi connectivity index (χ0n) is 9.87. The van der Waals surface area contributed by atoms with E-state index in [1.54, 1.807) is 18.2 Å². The van der Waals surface area contributed by atoms with Gasteiger partial charge in [0.1, 0.15) is 6.61 Å². The number of hydrogen-bond donors (Lipinski definition) is 1. The lowest BCUT2D eigenvalue weighted by molar-refractivity contribution is -0.139. The minimum atomic E-state index is -0.986. The summed E-state index contributed by atoms with van der Waals surface area (Å²) in [6.07, 6.45) is 2.48. The molecule has 0 saturated carbocycles. The van der Waals surface area contributed by atoms with Crippen LogP contribution in [-0.2, 0) is 20.9 Å². The molecule has 0 spiro atoms. The van der Waals surface area contributed by atoms with Gasteiger partial charge in [-0.15, -0.1) is 0 Å². The van der Waals surface area contributed by atoms with Crippen LogP contribution in [-0.4, -0.2) is 12.1 Å². The van der Waals surface area contributed by atoms with Gasteiger partial charge in [-0.3, -0.25) is 4.79 Å². The van der Waals surface area contributed by atoms with Crippen molar-refractivity contribution in [2.24, 2.45) is 5.73 Å². The van der Waals surface area contributed by atoms with Crippen LogP contribution in [0.4, 0.5) is 4.79 Å². The Bertz CT molecular complexity index is 414. The Labute approximate surface area is 105 Å². The number of carbonyl (C=O) groups excluding carboxylic acids is 2. The monoisotopic (exact) mass is 249 g/mol. The lowest BCUT2D eigenvalue weighted by Crippen LogP contribution is -2.13. The van der Waals surface area contributed by atoms with Gasteiger partial charge in [0, 0.05) is 6.42 Å². The molecule has 18 heavy (non-hydrogen) atoms. The normalized spacial score (nSPS) is 10.2. The minimum Gasteiger partial charge on any atom is -0.429 e. The Morgan fingerprint density at radius 1 is 1.22 bits per heavy atom. The number of benzene rings is 1. The van der Waals surface area contributed by atoms with E-state index in [4.69, 9.17) is 10.5 Å². The first-order valence-electron chi connectivity index (χ1n) is 5.50. The summed E-state index contributed by atoms with van der Waals surface area (Å²) >= 11 is 0. The van der Waals surface area contributed by atoms with E-state index in [0.29, 0.717) is 6.42 Å². The van der Waals surface area contributed by atoms with Crippen molar-refractivity contribution in [1.82, 2.24) is 0 Å². The summed E-state index contributed by atoms with van der Waals surface area (Å²) in [6.45, 7) is 0.0790. The number of nitrogens with two attached hydrogens (primary N) is 1. The second kappa shape index (κ2) is 7.89. The van der Waals surface area contributed by atoms with Crippen molar-refractivity contribution >= 4 is 12.1 Å². The molecule has 1 aromatic carbocycles. The molecular formula is C13H15NO4. The van der Waals surface area contributed by atoms with Crippen LogP contribution in [0.15, 0.2) is 42.6 Å². The molecule has 0 amide bonds. The number of rotatable bonds is 5. The average Bonchev–Trinajstić information content (AvgIpc) is 2.38. The Balaban J connectivity index is 2.23. The third-order valence-corrected chi connectivity index (χ3v) is 2.05. The van der Waals surface area contributed by atoms with E-state index in [2.05, 4.69) is 4.74 Å². The quantitative estimate of drug-likeness (QED) is 0.638. The highest BCUT2D eigenvalue weighted by molar-refractivity contribution is 5.81. The summed E-state index contributed by atoms with van der Waals surface area (Å²) in [5, 5.41) is 0. The highest BCUT2D eigenvalue weighted by Crippen LogP contribution is 2.02. The van der Waals surface area contributed by atoms with Crippen molar-refractivity contribution in [1.29, 1.82) is 0 Å². The fourth-order valence-corrected chi connectivity index (χ4v) is 1.19. The van der Waals surface area contributed by atoms with Gasteiger partial charge in [0.25, 0.3) is 0 Å². The molecule has 2 N–H and O–H groups in total. The molecule has 5 heteroatoms. The zero-order valence-corrected chi connectivity index (χ0v) is 9.87. The van der Waals surface area contributed by atoms with E-state index < -0.39 is 12.1 Å². The molecule has 0 atom stereocenters. The van der Waals surface area contributed by atoms with Crippen LogP contribution in [0.25, 0.3) is 0 Å². The summed E-state index contributed by atoms with van der Waals surface area (Å²) < 4.78 is 9.22. The van der Waals surface area contributed by atoms with Crippen molar-refractivity contribution < 1.29 is 19.1 Å². The van der Waals surface area contributed by atoms with E-state index in [9.17, 15) is 9.59 Å². The Kier molecular flexibility index (Phi) is 6.03. The van der Waals surface area contributed by atoms with Gasteiger partial charge in [0.05, 0.1) is 0 Å². The van der Waals surface area contributed by atoms with Crippen LogP contribution >= 0.6 is 0 Å². The molecule has 0 aliphatic carbocycles. The standard InChI is InChI=1S/C13H15NO4/c14-9-5-4-8-12(15)18-13(16)17-10-11-6-2-1-3-7-11/h1-3,5-7,9H,4,8,10,14H2. The molecular weight excluding hydrogens is 234 g/mol. The molecule has 0 aromatic heterocycles.